The van der Waals surface area contributed by atoms with Crippen LogP contribution in [0.15, 0.2) is 46.0 Å². The summed E-state index contributed by atoms with van der Waals surface area (Å²) in [7, 11) is 0. The molecule has 0 unspecified atom stereocenters. The number of ether oxygens (including phenoxy) is 3. The van der Waals surface area contributed by atoms with Crippen LogP contribution in [0.2, 0.25) is 0 Å². The summed E-state index contributed by atoms with van der Waals surface area (Å²) in [5.41, 5.74) is -0.593. The minimum Gasteiger partial charge on any atom is -0.476 e. The fourth-order valence-electron chi connectivity index (χ4n) is 4.25. The van der Waals surface area contributed by atoms with Crippen LogP contribution in [-0.4, -0.2) is 45.1 Å². The van der Waals surface area contributed by atoms with E-state index in [-0.39, 0.29) is 31.9 Å². The Balaban J connectivity index is 2.11. The normalized spacial score (nSPS) is 11.5. The lowest BCUT2D eigenvalue weighted by Gasteiger charge is -2.24. The third-order valence-electron chi connectivity index (χ3n) is 6.41. The number of hydrogen-bond acceptors (Lipinski definition) is 8. The van der Waals surface area contributed by atoms with Crippen LogP contribution < -0.4 is 16.0 Å². The molecule has 0 aliphatic carbocycles. The number of carbonyl (C=O) groups excluding carboxylic acids is 2. The first-order chi connectivity index (χ1) is 19.6. The van der Waals surface area contributed by atoms with Crippen LogP contribution in [-0.2, 0) is 45.0 Å². The van der Waals surface area contributed by atoms with Gasteiger partial charge in [-0.2, -0.15) is 5.10 Å². The summed E-state index contributed by atoms with van der Waals surface area (Å²) >= 11 is 0. The van der Waals surface area contributed by atoms with Crippen molar-refractivity contribution < 1.29 is 23.8 Å². The van der Waals surface area contributed by atoms with Gasteiger partial charge in [0.2, 0.25) is 0 Å². The maximum Gasteiger partial charge on any atom is 0.349 e. The molecule has 10 nitrogen and oxygen atoms in total. The van der Waals surface area contributed by atoms with Gasteiger partial charge in [-0.25, -0.2) is 19.1 Å². The predicted molar refractivity (Wildman–Crippen MR) is 157 cm³/mol. The largest absolute Gasteiger partial charge is 0.476 e. The van der Waals surface area contributed by atoms with Gasteiger partial charge >= 0.3 is 17.6 Å². The monoisotopic (exact) mass is 571 g/mol. The number of nitrogens with zero attached hydrogens (tertiary/aromatic N) is 3. The van der Waals surface area contributed by atoms with Crippen molar-refractivity contribution in [1.82, 2.24) is 14.3 Å². The molecule has 0 spiro atoms. The molecule has 0 saturated carbocycles. The molecule has 1 aromatic carbocycles. The molecule has 0 atom stereocenters. The van der Waals surface area contributed by atoms with Crippen molar-refractivity contribution in [3.63, 3.8) is 0 Å². The van der Waals surface area contributed by atoms with Crippen LogP contribution in [0.3, 0.4) is 0 Å². The van der Waals surface area contributed by atoms with Gasteiger partial charge in [0.1, 0.15) is 11.4 Å². The molecular weight excluding hydrogens is 526 g/mol. The zero-order chi connectivity index (χ0) is 30.3. The third kappa shape index (κ3) is 11.0. The summed E-state index contributed by atoms with van der Waals surface area (Å²) in [4.78, 5) is 50.1. The highest BCUT2D eigenvalue weighted by molar-refractivity contribution is 5.81. The van der Waals surface area contributed by atoms with Crippen molar-refractivity contribution in [3.8, 4) is 5.75 Å². The second-order valence-corrected chi connectivity index (χ2v) is 10.3. The standard InChI is InChI=1S/C31H45N3O7/c1-6-9-10-11-19-26-28(36)33(30(38)34(32-26)22-15-20-27(35)39-7-2)21-13-12-16-24-17-14-18-25(23-24)41-31(4,5)29(37)40-8-3/h14-15,17-18,20,23H,6-13,16,19,21-22H2,1-5H3/b20-15+. The van der Waals surface area contributed by atoms with E-state index in [4.69, 9.17) is 14.2 Å². The van der Waals surface area contributed by atoms with Crippen molar-refractivity contribution in [2.45, 2.75) is 105 Å². The van der Waals surface area contributed by atoms with E-state index in [1.165, 1.54) is 21.4 Å². The molecule has 2 aromatic rings. The zero-order valence-electron chi connectivity index (χ0n) is 25.1. The lowest BCUT2D eigenvalue weighted by atomic mass is 10.1. The Morgan fingerprint density at radius 2 is 1.68 bits per heavy atom. The number of carbonyl (C=O) groups is 2. The second-order valence-electron chi connectivity index (χ2n) is 10.3. The van der Waals surface area contributed by atoms with Gasteiger partial charge in [0, 0.05) is 12.6 Å². The Bertz CT molecular complexity index is 1280. The Morgan fingerprint density at radius 3 is 2.39 bits per heavy atom. The molecule has 0 radical (unpaired) electrons. The van der Waals surface area contributed by atoms with Gasteiger partial charge < -0.3 is 14.2 Å². The van der Waals surface area contributed by atoms with Gasteiger partial charge in [0.05, 0.1) is 19.8 Å². The van der Waals surface area contributed by atoms with E-state index in [9.17, 15) is 19.2 Å². The van der Waals surface area contributed by atoms with Gasteiger partial charge in [-0.3, -0.25) is 9.36 Å². The molecule has 0 aliphatic rings. The fraction of sp³-hybridized carbons (Fsp3) is 0.581. The van der Waals surface area contributed by atoms with Crippen LogP contribution >= 0.6 is 0 Å². The highest BCUT2D eigenvalue weighted by atomic mass is 16.6. The van der Waals surface area contributed by atoms with E-state index in [1.54, 1.807) is 33.8 Å². The highest BCUT2D eigenvalue weighted by Crippen LogP contribution is 2.22. The number of esters is 2. The maximum absolute atomic E-state index is 13.2. The third-order valence-corrected chi connectivity index (χ3v) is 6.41. The van der Waals surface area contributed by atoms with Gasteiger partial charge in [-0.15, -0.1) is 0 Å². The van der Waals surface area contributed by atoms with E-state index in [1.807, 2.05) is 18.2 Å². The van der Waals surface area contributed by atoms with Crippen molar-refractivity contribution in [1.29, 1.82) is 0 Å². The molecule has 0 bridgehead atoms. The lowest BCUT2D eigenvalue weighted by Crippen LogP contribution is -2.43. The summed E-state index contributed by atoms with van der Waals surface area (Å²) < 4.78 is 18.4. The van der Waals surface area contributed by atoms with Crippen molar-refractivity contribution in [3.05, 3.63) is 68.5 Å². The highest BCUT2D eigenvalue weighted by Gasteiger charge is 2.31. The molecule has 0 fully saturated rings. The van der Waals surface area contributed by atoms with E-state index < -0.39 is 23.2 Å². The Hall–Kier alpha value is -3.69. The predicted octanol–water partition coefficient (Wildman–Crippen LogP) is 4.39. The van der Waals surface area contributed by atoms with E-state index in [2.05, 4.69) is 12.0 Å². The maximum atomic E-state index is 13.2. The van der Waals surface area contributed by atoms with Gasteiger partial charge in [-0.1, -0.05) is 44.4 Å². The molecule has 1 aromatic heterocycles. The molecule has 41 heavy (non-hydrogen) atoms. The zero-order valence-corrected chi connectivity index (χ0v) is 25.1. The summed E-state index contributed by atoms with van der Waals surface area (Å²) in [6.07, 6.45) is 9.27. The summed E-state index contributed by atoms with van der Waals surface area (Å²) in [6, 6.07) is 7.52. The van der Waals surface area contributed by atoms with Crippen LogP contribution in [0.5, 0.6) is 5.75 Å². The van der Waals surface area contributed by atoms with Gasteiger partial charge in [0.15, 0.2) is 5.60 Å². The quantitative estimate of drug-likeness (QED) is 0.147. The lowest BCUT2D eigenvalue weighted by molar-refractivity contribution is -0.158. The van der Waals surface area contributed by atoms with E-state index in [0.29, 0.717) is 30.7 Å². The molecule has 226 valence electrons. The molecule has 0 amide bonds. The SMILES string of the molecule is CCCCCCc1nn(C/C=C/C(=O)OCC)c(=O)n(CCCCc2cccc(OC(C)(C)C(=O)OCC)c2)c1=O. The topological polar surface area (TPSA) is 119 Å². The molecule has 0 N–H and O–H groups in total. The number of aryl methyl sites for hydroxylation is 2. The number of unbranched alkanes of at least 4 members (excludes halogenated alkanes) is 4. The summed E-state index contributed by atoms with van der Waals surface area (Å²) in [5.74, 6) is -0.357. The smallest absolute Gasteiger partial charge is 0.349 e. The molecule has 0 saturated heterocycles. The first-order valence-electron chi connectivity index (χ1n) is 14.6. The molecule has 2 rings (SSSR count). The van der Waals surface area contributed by atoms with Crippen molar-refractivity contribution in [2.24, 2.45) is 0 Å². The van der Waals surface area contributed by atoms with Gasteiger partial charge in [0.25, 0.3) is 5.56 Å². The molecule has 0 aliphatic heterocycles. The Labute approximate surface area is 242 Å². The average molecular weight is 572 g/mol. The Kier molecular flexibility index (Phi) is 14.1. The summed E-state index contributed by atoms with van der Waals surface area (Å²) in [6.45, 7) is 9.79. The molecule has 10 heteroatoms. The van der Waals surface area contributed by atoms with Gasteiger partial charge in [-0.05, 0) is 77.5 Å². The number of benzene rings is 1. The van der Waals surface area contributed by atoms with Crippen LogP contribution in [0.4, 0.5) is 0 Å². The van der Waals surface area contributed by atoms with Crippen molar-refractivity contribution in [2.75, 3.05) is 13.2 Å². The molecule has 1 heterocycles. The van der Waals surface area contributed by atoms with E-state index in [0.717, 1.165) is 37.7 Å². The minimum absolute atomic E-state index is 0.0643. The van der Waals surface area contributed by atoms with Crippen molar-refractivity contribution >= 4 is 11.9 Å². The minimum atomic E-state index is -1.11. The molecular formula is C31H45N3O7. The average Bonchev–Trinajstić information content (AvgIpc) is 2.93. The number of hydrogen-bond donors (Lipinski definition) is 0. The number of allylic oxidation sites excluding steroid dienone is 1. The van der Waals surface area contributed by atoms with Crippen LogP contribution in [0, 0.1) is 0 Å². The second kappa shape index (κ2) is 17.2. The fourth-order valence-corrected chi connectivity index (χ4v) is 4.25. The van der Waals surface area contributed by atoms with Crippen LogP contribution in [0.1, 0.15) is 84.4 Å². The first-order valence-corrected chi connectivity index (χ1v) is 14.6. The van der Waals surface area contributed by atoms with Crippen LogP contribution in [0.25, 0.3) is 0 Å². The Morgan fingerprint density at radius 1 is 0.951 bits per heavy atom. The first kappa shape index (κ1) is 33.5. The summed E-state index contributed by atoms with van der Waals surface area (Å²) in [5, 5.41) is 4.33. The number of rotatable bonds is 18. The number of aromatic nitrogens is 3. The van der Waals surface area contributed by atoms with E-state index >= 15 is 0 Å².